The molecule has 0 aliphatic carbocycles. The molecule has 0 saturated carbocycles. The first-order chi connectivity index (χ1) is 11.2. The Labute approximate surface area is 141 Å². The van der Waals surface area contributed by atoms with Crippen LogP contribution in [0.5, 0.6) is 0 Å². The highest BCUT2D eigenvalue weighted by Gasteiger charge is 2.39. The van der Waals surface area contributed by atoms with Gasteiger partial charge in [0.05, 0.1) is 18.4 Å². The number of hydrogen-bond donors (Lipinski definition) is 0. The van der Waals surface area contributed by atoms with Gasteiger partial charge in [-0.3, -0.25) is 14.5 Å². The maximum atomic E-state index is 12.6. The number of esters is 1. The minimum atomic E-state index is -0.157. The SMILES string of the molecule is COC(=O)CCN1CCCC[C@H]2CN(C(=O)c3cccs3)C[C@H]21. The zero-order valence-corrected chi connectivity index (χ0v) is 14.4. The van der Waals surface area contributed by atoms with E-state index in [1.54, 1.807) is 0 Å². The lowest BCUT2D eigenvalue weighted by Crippen LogP contribution is -2.42. The third-order valence-electron chi connectivity index (χ3n) is 5.00. The molecule has 1 amide bonds. The van der Waals surface area contributed by atoms with Gasteiger partial charge in [0.1, 0.15) is 0 Å². The molecule has 0 bridgehead atoms. The van der Waals surface area contributed by atoms with E-state index in [2.05, 4.69) is 4.90 Å². The van der Waals surface area contributed by atoms with Gasteiger partial charge in [-0.1, -0.05) is 12.5 Å². The molecule has 0 unspecified atom stereocenters. The van der Waals surface area contributed by atoms with Gasteiger partial charge in [-0.05, 0) is 36.8 Å². The molecule has 0 N–H and O–H groups in total. The van der Waals surface area contributed by atoms with Crippen LogP contribution >= 0.6 is 11.3 Å². The summed E-state index contributed by atoms with van der Waals surface area (Å²) in [6.45, 7) is 3.37. The number of hydrogen-bond acceptors (Lipinski definition) is 5. The summed E-state index contributed by atoms with van der Waals surface area (Å²) >= 11 is 1.51. The van der Waals surface area contributed by atoms with Crippen molar-refractivity contribution in [3.05, 3.63) is 22.4 Å². The standard InChI is InChI=1S/C17H24N2O3S/c1-22-16(20)7-9-18-8-3-2-5-13-11-19(12-14(13)18)17(21)15-6-4-10-23-15/h4,6,10,13-14H,2-3,5,7-9,11-12H2,1H3/t13-,14+/m0/s1. The van der Waals surface area contributed by atoms with Gasteiger partial charge >= 0.3 is 5.97 Å². The van der Waals surface area contributed by atoms with Crippen LogP contribution in [0.3, 0.4) is 0 Å². The fourth-order valence-corrected chi connectivity index (χ4v) is 4.47. The molecule has 0 spiro atoms. The fraction of sp³-hybridized carbons (Fsp3) is 0.647. The highest BCUT2D eigenvalue weighted by atomic mass is 32.1. The summed E-state index contributed by atoms with van der Waals surface area (Å²) in [4.78, 5) is 29.3. The van der Waals surface area contributed by atoms with Crippen LogP contribution in [0.15, 0.2) is 17.5 Å². The summed E-state index contributed by atoms with van der Waals surface area (Å²) in [5, 5.41) is 1.95. The summed E-state index contributed by atoms with van der Waals surface area (Å²) < 4.78 is 4.76. The molecule has 6 heteroatoms. The van der Waals surface area contributed by atoms with E-state index >= 15 is 0 Å². The zero-order valence-electron chi connectivity index (χ0n) is 13.6. The minimum Gasteiger partial charge on any atom is -0.469 e. The highest BCUT2D eigenvalue weighted by molar-refractivity contribution is 7.12. The average molecular weight is 336 g/mol. The Morgan fingerprint density at radius 2 is 2.22 bits per heavy atom. The first-order valence-corrected chi connectivity index (χ1v) is 9.20. The molecule has 0 radical (unpaired) electrons. The number of thiophene rings is 1. The summed E-state index contributed by atoms with van der Waals surface area (Å²) in [6, 6.07) is 4.20. The second-order valence-corrected chi connectivity index (χ2v) is 7.32. The van der Waals surface area contributed by atoms with E-state index in [0.717, 1.165) is 31.1 Å². The molecule has 3 heterocycles. The van der Waals surface area contributed by atoms with Crippen LogP contribution in [0, 0.1) is 5.92 Å². The van der Waals surface area contributed by atoms with Crippen LogP contribution in [0.1, 0.15) is 35.4 Å². The summed E-state index contributed by atoms with van der Waals surface area (Å²) in [5.74, 6) is 0.523. The lowest BCUT2D eigenvalue weighted by molar-refractivity contribution is -0.141. The number of rotatable bonds is 4. The minimum absolute atomic E-state index is 0.154. The topological polar surface area (TPSA) is 49.9 Å². The van der Waals surface area contributed by atoms with Gasteiger partial charge in [0.2, 0.25) is 0 Å². The van der Waals surface area contributed by atoms with Crippen molar-refractivity contribution in [2.24, 2.45) is 5.92 Å². The number of amides is 1. The highest BCUT2D eigenvalue weighted by Crippen LogP contribution is 2.31. The second-order valence-electron chi connectivity index (χ2n) is 6.37. The van der Waals surface area contributed by atoms with Crippen LogP contribution in [0.2, 0.25) is 0 Å². The third kappa shape index (κ3) is 3.75. The molecule has 2 aliphatic heterocycles. The van der Waals surface area contributed by atoms with Crippen LogP contribution in [-0.4, -0.2) is 61.0 Å². The molecule has 0 aromatic carbocycles. The van der Waals surface area contributed by atoms with Gasteiger partial charge in [0, 0.05) is 25.7 Å². The van der Waals surface area contributed by atoms with Crippen molar-refractivity contribution in [3.8, 4) is 0 Å². The molecule has 1 aromatic rings. The van der Waals surface area contributed by atoms with Crippen LogP contribution in [-0.2, 0) is 9.53 Å². The molecular formula is C17H24N2O3S. The molecule has 2 fully saturated rings. The predicted octanol–water partition coefficient (Wildman–Crippen LogP) is 2.24. The first kappa shape index (κ1) is 16.5. The van der Waals surface area contributed by atoms with Crippen LogP contribution in [0.25, 0.3) is 0 Å². The van der Waals surface area contributed by atoms with E-state index in [1.165, 1.54) is 37.7 Å². The average Bonchev–Trinajstić information content (AvgIpc) is 3.20. The van der Waals surface area contributed by atoms with Crippen LogP contribution in [0.4, 0.5) is 0 Å². The largest absolute Gasteiger partial charge is 0.469 e. The summed E-state index contributed by atoms with van der Waals surface area (Å²) in [6.07, 6.45) is 3.98. The van der Waals surface area contributed by atoms with Crippen molar-refractivity contribution in [3.63, 3.8) is 0 Å². The lowest BCUT2D eigenvalue weighted by Gasteiger charge is -2.29. The Morgan fingerprint density at radius 1 is 1.35 bits per heavy atom. The van der Waals surface area contributed by atoms with Gasteiger partial charge in [0.15, 0.2) is 0 Å². The number of fused-ring (bicyclic) bond motifs is 1. The predicted molar refractivity (Wildman–Crippen MR) is 89.6 cm³/mol. The number of likely N-dealkylation sites (tertiary alicyclic amines) is 2. The van der Waals surface area contributed by atoms with Gasteiger partial charge < -0.3 is 9.64 Å². The first-order valence-electron chi connectivity index (χ1n) is 8.32. The molecule has 2 atom stereocenters. The molecule has 2 aliphatic rings. The zero-order chi connectivity index (χ0) is 16.2. The molecule has 3 rings (SSSR count). The van der Waals surface area contributed by atoms with Crippen molar-refractivity contribution in [1.29, 1.82) is 0 Å². The van der Waals surface area contributed by atoms with E-state index in [-0.39, 0.29) is 11.9 Å². The Bertz CT molecular complexity index is 546. The summed E-state index contributed by atoms with van der Waals surface area (Å²) in [5.41, 5.74) is 0. The maximum absolute atomic E-state index is 12.6. The van der Waals surface area contributed by atoms with E-state index < -0.39 is 0 Å². The van der Waals surface area contributed by atoms with E-state index in [1.807, 2.05) is 22.4 Å². The number of carbonyl (C=O) groups is 2. The van der Waals surface area contributed by atoms with Crippen molar-refractivity contribution >= 4 is 23.2 Å². The Morgan fingerprint density at radius 3 is 2.96 bits per heavy atom. The van der Waals surface area contributed by atoms with Gasteiger partial charge in [-0.25, -0.2) is 0 Å². The van der Waals surface area contributed by atoms with E-state index in [4.69, 9.17) is 4.74 Å². The molecule has 23 heavy (non-hydrogen) atoms. The normalized spacial score (nSPS) is 25.0. The van der Waals surface area contributed by atoms with Gasteiger partial charge in [0.25, 0.3) is 5.91 Å². The van der Waals surface area contributed by atoms with Crippen molar-refractivity contribution < 1.29 is 14.3 Å². The van der Waals surface area contributed by atoms with Gasteiger partial charge in [-0.15, -0.1) is 11.3 Å². The number of nitrogens with zero attached hydrogens (tertiary/aromatic N) is 2. The quantitative estimate of drug-likeness (QED) is 0.791. The Balaban J connectivity index is 1.66. The smallest absolute Gasteiger partial charge is 0.306 e. The fourth-order valence-electron chi connectivity index (χ4n) is 3.78. The Kier molecular flexibility index (Phi) is 5.33. The third-order valence-corrected chi connectivity index (χ3v) is 5.85. The van der Waals surface area contributed by atoms with Crippen molar-refractivity contribution in [1.82, 2.24) is 9.80 Å². The second kappa shape index (κ2) is 7.45. The van der Waals surface area contributed by atoms with E-state index in [9.17, 15) is 9.59 Å². The van der Waals surface area contributed by atoms with Crippen LogP contribution < -0.4 is 0 Å². The monoisotopic (exact) mass is 336 g/mol. The molecular weight excluding hydrogens is 312 g/mol. The number of carbonyl (C=O) groups excluding carboxylic acids is 2. The van der Waals surface area contributed by atoms with Crippen molar-refractivity contribution in [2.75, 3.05) is 33.3 Å². The molecule has 1 aromatic heterocycles. The molecule has 126 valence electrons. The lowest BCUT2D eigenvalue weighted by atomic mass is 9.98. The van der Waals surface area contributed by atoms with Crippen molar-refractivity contribution in [2.45, 2.75) is 31.7 Å². The summed E-state index contributed by atoms with van der Waals surface area (Å²) in [7, 11) is 1.44. The molecule has 2 saturated heterocycles. The number of methoxy groups -OCH3 is 1. The number of ether oxygens (including phenoxy) is 1. The Hall–Kier alpha value is -1.40. The molecule has 5 nitrogen and oxygen atoms in total. The maximum Gasteiger partial charge on any atom is 0.306 e. The van der Waals surface area contributed by atoms with E-state index in [0.29, 0.717) is 18.4 Å². The van der Waals surface area contributed by atoms with Gasteiger partial charge in [-0.2, -0.15) is 0 Å².